The number of likely N-dealkylation sites (tertiary alicyclic amines) is 1. The summed E-state index contributed by atoms with van der Waals surface area (Å²) in [7, 11) is 0. The van der Waals surface area contributed by atoms with Crippen LogP contribution in [0, 0.1) is 16.7 Å². The van der Waals surface area contributed by atoms with Gasteiger partial charge in [-0.25, -0.2) is 9.67 Å². The molecule has 2 atom stereocenters. The van der Waals surface area contributed by atoms with E-state index in [9.17, 15) is 20.0 Å². The molecule has 0 bridgehead atoms. The molecule has 0 spiro atoms. The summed E-state index contributed by atoms with van der Waals surface area (Å²) in [5, 5.41) is 30.6. The second-order valence-corrected chi connectivity index (χ2v) is 13.1. The number of aromatic nitrogens is 4. The SMILES string of the molecule is C[C@H](CO)NCc1ccc2c(c1)nc(NC(=O)c1ccc(-n3cccn3)s1)n2C[C@H]1CCCN1C(=O)/C(C#N)=C\C1(C)CC1. The summed E-state index contributed by atoms with van der Waals surface area (Å²) in [6, 6.07) is 13.4. The highest BCUT2D eigenvalue weighted by Crippen LogP contribution is 2.47. The van der Waals surface area contributed by atoms with Crippen molar-refractivity contribution in [2.75, 3.05) is 18.5 Å². The van der Waals surface area contributed by atoms with Crippen molar-refractivity contribution in [2.24, 2.45) is 5.41 Å². The molecule has 1 aliphatic carbocycles. The Bertz CT molecular complexity index is 1740. The first-order valence-corrected chi connectivity index (χ1v) is 15.8. The highest BCUT2D eigenvalue weighted by Gasteiger charge is 2.38. The van der Waals surface area contributed by atoms with Gasteiger partial charge >= 0.3 is 0 Å². The first-order chi connectivity index (χ1) is 21.3. The lowest BCUT2D eigenvalue weighted by molar-refractivity contribution is -0.127. The van der Waals surface area contributed by atoms with Gasteiger partial charge in [0.1, 0.15) is 16.6 Å². The molecule has 0 unspecified atom stereocenters. The predicted octanol–water partition coefficient (Wildman–Crippen LogP) is 4.25. The minimum atomic E-state index is -0.282. The number of aliphatic hydroxyl groups excluding tert-OH is 1. The number of amides is 2. The summed E-state index contributed by atoms with van der Waals surface area (Å²) in [6.45, 7) is 5.59. The summed E-state index contributed by atoms with van der Waals surface area (Å²) in [4.78, 5) is 34.2. The van der Waals surface area contributed by atoms with Gasteiger partial charge in [0.15, 0.2) is 0 Å². The molecule has 12 heteroatoms. The van der Waals surface area contributed by atoms with Crippen LogP contribution in [0.1, 0.15) is 54.8 Å². The number of benzene rings is 1. The van der Waals surface area contributed by atoms with Gasteiger partial charge in [-0.3, -0.25) is 14.9 Å². The minimum Gasteiger partial charge on any atom is -0.395 e. The van der Waals surface area contributed by atoms with Crippen LogP contribution in [-0.4, -0.2) is 66.4 Å². The van der Waals surface area contributed by atoms with Gasteiger partial charge in [0.05, 0.1) is 28.6 Å². The summed E-state index contributed by atoms with van der Waals surface area (Å²) < 4.78 is 3.68. The van der Waals surface area contributed by atoms with Crippen molar-refractivity contribution in [2.45, 2.75) is 64.7 Å². The Labute approximate surface area is 259 Å². The van der Waals surface area contributed by atoms with Crippen molar-refractivity contribution in [1.82, 2.24) is 29.5 Å². The Morgan fingerprint density at radius 2 is 2.14 bits per heavy atom. The lowest BCUT2D eigenvalue weighted by Crippen LogP contribution is -2.39. The maximum absolute atomic E-state index is 13.5. The number of carbonyl (C=O) groups excluding carboxylic acids is 2. The number of hydrogen-bond donors (Lipinski definition) is 3. The fourth-order valence-corrected chi connectivity index (χ4v) is 6.39. The first-order valence-electron chi connectivity index (χ1n) is 15.0. The fourth-order valence-electron chi connectivity index (χ4n) is 5.55. The van der Waals surface area contributed by atoms with Crippen LogP contribution >= 0.6 is 11.3 Å². The van der Waals surface area contributed by atoms with Crippen molar-refractivity contribution in [3.63, 3.8) is 0 Å². The molecule has 6 rings (SSSR count). The number of rotatable bonds is 11. The third-order valence-corrected chi connectivity index (χ3v) is 9.50. The van der Waals surface area contributed by atoms with E-state index in [0.717, 1.165) is 47.3 Å². The van der Waals surface area contributed by atoms with Crippen LogP contribution in [0.25, 0.3) is 16.0 Å². The Kier molecular flexibility index (Phi) is 8.35. The number of imidazole rings is 1. The molecule has 2 aliphatic rings. The average molecular weight is 613 g/mol. The molecule has 3 aromatic heterocycles. The van der Waals surface area contributed by atoms with E-state index in [1.807, 2.05) is 59.0 Å². The standard InChI is InChI=1S/C32H36N8O3S/c1-21(20-41)34-18-22-6-7-26-25(15-22)36-31(37-29(42)27-8-9-28(44-27)40-14-4-12-35-40)39(26)19-24-5-3-13-38(24)30(43)23(17-33)16-32(2)10-11-32/h4,6-9,12,14-16,21,24,34,41H,3,5,10-11,13,18-20H2,1-2H3,(H,36,37,42)/b23-16-/t21-,24-/m1/s1. The van der Waals surface area contributed by atoms with E-state index in [-0.39, 0.29) is 41.5 Å². The Morgan fingerprint density at radius 3 is 2.86 bits per heavy atom. The largest absolute Gasteiger partial charge is 0.395 e. The predicted molar refractivity (Wildman–Crippen MR) is 168 cm³/mol. The molecular weight excluding hydrogens is 576 g/mol. The molecule has 44 heavy (non-hydrogen) atoms. The topological polar surface area (TPSA) is 141 Å². The zero-order valence-corrected chi connectivity index (χ0v) is 25.7. The fraction of sp³-hybridized carbons (Fsp3) is 0.406. The maximum atomic E-state index is 13.5. The van der Waals surface area contributed by atoms with E-state index < -0.39 is 0 Å². The smallest absolute Gasteiger partial charge is 0.268 e. The maximum Gasteiger partial charge on any atom is 0.268 e. The van der Waals surface area contributed by atoms with Crippen molar-refractivity contribution in [3.8, 4) is 11.1 Å². The quantitative estimate of drug-likeness (QED) is 0.170. The molecule has 11 nitrogen and oxygen atoms in total. The number of nitrogens with one attached hydrogen (secondary N) is 2. The van der Waals surface area contributed by atoms with Crippen molar-refractivity contribution < 1.29 is 14.7 Å². The lowest BCUT2D eigenvalue weighted by atomic mass is 10.0. The van der Waals surface area contributed by atoms with Gasteiger partial charge in [0, 0.05) is 38.1 Å². The summed E-state index contributed by atoms with van der Waals surface area (Å²) >= 11 is 1.33. The van der Waals surface area contributed by atoms with Crippen LogP contribution < -0.4 is 10.6 Å². The van der Waals surface area contributed by atoms with Gasteiger partial charge in [-0.1, -0.05) is 19.1 Å². The third-order valence-electron chi connectivity index (χ3n) is 8.43. The summed E-state index contributed by atoms with van der Waals surface area (Å²) in [5.74, 6) is -0.113. The number of nitrogens with zero attached hydrogens (tertiary/aromatic N) is 6. The molecule has 2 fully saturated rings. The zero-order valence-electron chi connectivity index (χ0n) is 24.9. The van der Waals surface area contributed by atoms with Crippen molar-refractivity contribution in [3.05, 3.63) is 70.9 Å². The van der Waals surface area contributed by atoms with Gasteiger partial charge in [-0.05, 0) is 73.9 Å². The van der Waals surface area contributed by atoms with Crippen LogP contribution in [0.15, 0.2) is 60.4 Å². The highest BCUT2D eigenvalue weighted by atomic mass is 32.1. The molecule has 1 aliphatic heterocycles. The molecule has 3 N–H and O–H groups in total. The van der Waals surface area contributed by atoms with Crippen LogP contribution in [0.2, 0.25) is 0 Å². The van der Waals surface area contributed by atoms with E-state index in [4.69, 9.17) is 4.98 Å². The zero-order chi connectivity index (χ0) is 30.8. The van der Waals surface area contributed by atoms with Crippen LogP contribution in [0.4, 0.5) is 5.95 Å². The second-order valence-electron chi connectivity index (χ2n) is 12.0. The van der Waals surface area contributed by atoms with Crippen LogP contribution in [0.5, 0.6) is 0 Å². The number of thiophene rings is 1. The third kappa shape index (κ3) is 6.31. The first kappa shape index (κ1) is 29.7. The van der Waals surface area contributed by atoms with Gasteiger partial charge < -0.3 is 19.9 Å². The minimum absolute atomic E-state index is 0.0381. The van der Waals surface area contributed by atoms with Crippen LogP contribution in [-0.2, 0) is 17.9 Å². The number of aliphatic hydroxyl groups is 1. The van der Waals surface area contributed by atoms with E-state index >= 15 is 0 Å². The number of allylic oxidation sites excluding steroid dienone is 1. The highest BCUT2D eigenvalue weighted by molar-refractivity contribution is 7.16. The van der Waals surface area contributed by atoms with E-state index in [1.165, 1.54) is 11.3 Å². The van der Waals surface area contributed by atoms with Gasteiger partial charge in [-0.2, -0.15) is 10.4 Å². The average Bonchev–Trinajstić information content (AvgIpc) is 3.60. The molecule has 1 saturated carbocycles. The Balaban J connectivity index is 1.29. The Morgan fingerprint density at radius 1 is 1.30 bits per heavy atom. The molecule has 1 aromatic carbocycles. The molecule has 2 amide bonds. The Hall–Kier alpha value is -4.31. The normalized spacial score (nSPS) is 18.4. The van der Waals surface area contributed by atoms with Crippen molar-refractivity contribution in [1.29, 1.82) is 5.26 Å². The number of anilines is 1. The number of carbonyl (C=O) groups is 2. The van der Waals surface area contributed by atoms with E-state index in [0.29, 0.717) is 30.5 Å². The van der Waals surface area contributed by atoms with Gasteiger partial charge in [0.2, 0.25) is 5.95 Å². The summed E-state index contributed by atoms with van der Waals surface area (Å²) in [5.41, 5.74) is 2.70. The van der Waals surface area contributed by atoms with Crippen LogP contribution in [0.3, 0.4) is 0 Å². The molecule has 1 saturated heterocycles. The second kappa shape index (κ2) is 12.4. The molecular formula is C32H36N8O3S. The lowest BCUT2D eigenvalue weighted by Gasteiger charge is -2.26. The summed E-state index contributed by atoms with van der Waals surface area (Å²) in [6.07, 6.45) is 8.96. The molecule has 0 radical (unpaired) electrons. The van der Waals surface area contributed by atoms with E-state index in [2.05, 4.69) is 28.7 Å². The number of fused-ring (bicyclic) bond motifs is 1. The van der Waals surface area contributed by atoms with E-state index in [1.54, 1.807) is 16.9 Å². The number of nitriles is 1. The monoisotopic (exact) mass is 612 g/mol. The number of hydrogen-bond acceptors (Lipinski definition) is 8. The molecule has 4 aromatic rings. The van der Waals surface area contributed by atoms with Crippen molar-refractivity contribution >= 4 is 40.1 Å². The van der Waals surface area contributed by atoms with Gasteiger partial charge in [0.25, 0.3) is 11.8 Å². The molecule has 4 heterocycles. The van der Waals surface area contributed by atoms with Gasteiger partial charge in [-0.15, -0.1) is 11.3 Å². The molecule has 228 valence electrons.